The molecule has 2 aromatic rings. The van der Waals surface area contributed by atoms with Crippen molar-refractivity contribution in [3.8, 4) is 5.75 Å². The minimum atomic E-state index is 0.149. The Morgan fingerprint density at radius 3 is 2.79 bits per heavy atom. The molecule has 2 aliphatic rings. The molecule has 7 heteroatoms. The molecule has 1 amide bonds. The maximum absolute atomic E-state index is 12.3. The van der Waals surface area contributed by atoms with Crippen LogP contribution >= 0.6 is 0 Å². The molecule has 1 aromatic carbocycles. The molecule has 2 heterocycles. The first-order valence-electron chi connectivity index (χ1n) is 11.0. The molecular formula is C22H31N5O2. The van der Waals surface area contributed by atoms with Crippen LogP contribution in [-0.4, -0.2) is 38.8 Å². The highest BCUT2D eigenvalue weighted by atomic mass is 16.5. The number of benzene rings is 1. The summed E-state index contributed by atoms with van der Waals surface area (Å²) in [6.45, 7) is 4.71. The fraction of sp³-hybridized carbons (Fsp3) is 0.636. The van der Waals surface area contributed by atoms with Crippen molar-refractivity contribution in [1.29, 1.82) is 0 Å². The highest BCUT2D eigenvalue weighted by molar-refractivity contribution is 5.97. The summed E-state index contributed by atoms with van der Waals surface area (Å²) in [6.07, 6.45) is 9.26. The Morgan fingerprint density at radius 2 is 2.00 bits per heavy atom. The van der Waals surface area contributed by atoms with Crippen molar-refractivity contribution >= 4 is 11.6 Å². The van der Waals surface area contributed by atoms with E-state index in [1.54, 1.807) is 0 Å². The Morgan fingerprint density at radius 1 is 1.17 bits per heavy atom. The maximum Gasteiger partial charge on any atom is 0.227 e. The van der Waals surface area contributed by atoms with Gasteiger partial charge < -0.3 is 9.64 Å². The van der Waals surface area contributed by atoms with Crippen molar-refractivity contribution in [2.24, 2.45) is 0 Å². The van der Waals surface area contributed by atoms with Gasteiger partial charge >= 0.3 is 0 Å². The van der Waals surface area contributed by atoms with Crippen LogP contribution in [0.3, 0.4) is 0 Å². The number of aryl methyl sites for hydroxylation is 2. The molecule has 1 aliphatic heterocycles. The van der Waals surface area contributed by atoms with Crippen LogP contribution in [0, 0.1) is 0 Å². The van der Waals surface area contributed by atoms with Gasteiger partial charge in [-0.3, -0.25) is 4.79 Å². The summed E-state index contributed by atoms with van der Waals surface area (Å²) in [7, 11) is 0. The van der Waals surface area contributed by atoms with Gasteiger partial charge in [-0.2, -0.15) is 0 Å². The van der Waals surface area contributed by atoms with E-state index in [-0.39, 0.29) is 11.9 Å². The van der Waals surface area contributed by atoms with Gasteiger partial charge in [-0.05, 0) is 61.6 Å². The van der Waals surface area contributed by atoms with E-state index in [1.165, 1.54) is 37.7 Å². The van der Waals surface area contributed by atoms with Crippen LogP contribution in [0.5, 0.6) is 5.75 Å². The number of carbonyl (C=O) groups excluding carboxylic acids is 1. The normalized spacial score (nSPS) is 17.6. The standard InChI is InChI=1S/C22H31N5O2/c1-16(2)26-20-15-19(12-10-17(20)11-13-22(26)28)29-14-6-9-21-23-24-25-27(21)18-7-4-3-5-8-18/h10,12,15-16,18H,3-9,11,13-14H2,1-2H3. The molecule has 7 nitrogen and oxygen atoms in total. The zero-order valence-electron chi connectivity index (χ0n) is 17.5. The zero-order chi connectivity index (χ0) is 20.2. The molecule has 0 radical (unpaired) electrons. The molecule has 0 unspecified atom stereocenters. The average Bonchev–Trinajstić information content (AvgIpc) is 3.20. The van der Waals surface area contributed by atoms with E-state index in [0.717, 1.165) is 36.5 Å². The number of aromatic nitrogens is 4. The fourth-order valence-electron chi connectivity index (χ4n) is 4.54. The summed E-state index contributed by atoms with van der Waals surface area (Å²) in [5.41, 5.74) is 2.22. The van der Waals surface area contributed by atoms with Crippen molar-refractivity contribution in [1.82, 2.24) is 20.2 Å². The number of tetrazole rings is 1. The Labute approximate surface area is 172 Å². The van der Waals surface area contributed by atoms with Gasteiger partial charge in [0.2, 0.25) is 5.91 Å². The summed E-state index contributed by atoms with van der Waals surface area (Å²) in [5, 5.41) is 12.4. The minimum Gasteiger partial charge on any atom is -0.494 e. The first-order chi connectivity index (χ1) is 14.1. The molecule has 1 aromatic heterocycles. The summed E-state index contributed by atoms with van der Waals surface area (Å²) in [5.74, 6) is 1.97. The largest absolute Gasteiger partial charge is 0.494 e. The monoisotopic (exact) mass is 397 g/mol. The van der Waals surface area contributed by atoms with E-state index >= 15 is 0 Å². The molecular weight excluding hydrogens is 366 g/mol. The van der Waals surface area contributed by atoms with Crippen molar-refractivity contribution in [2.45, 2.75) is 83.7 Å². The average molecular weight is 398 g/mol. The van der Waals surface area contributed by atoms with Gasteiger partial charge in [-0.25, -0.2) is 4.68 Å². The lowest BCUT2D eigenvalue weighted by Crippen LogP contribution is -2.40. The van der Waals surface area contributed by atoms with Gasteiger partial charge in [0.05, 0.1) is 18.3 Å². The number of nitrogens with zero attached hydrogens (tertiary/aromatic N) is 5. The number of anilines is 1. The van der Waals surface area contributed by atoms with E-state index in [4.69, 9.17) is 4.74 Å². The van der Waals surface area contributed by atoms with Crippen molar-refractivity contribution < 1.29 is 9.53 Å². The number of carbonyl (C=O) groups is 1. The third-order valence-corrected chi connectivity index (χ3v) is 6.00. The Hall–Kier alpha value is -2.44. The van der Waals surface area contributed by atoms with Crippen LogP contribution in [0.2, 0.25) is 0 Å². The molecule has 0 saturated heterocycles. The van der Waals surface area contributed by atoms with Gasteiger partial charge in [-0.1, -0.05) is 25.3 Å². The van der Waals surface area contributed by atoms with Crippen molar-refractivity contribution in [2.75, 3.05) is 11.5 Å². The van der Waals surface area contributed by atoms with E-state index in [0.29, 0.717) is 19.1 Å². The number of hydrogen-bond donors (Lipinski definition) is 0. The number of amides is 1. The number of rotatable bonds is 7. The van der Waals surface area contributed by atoms with Crippen molar-refractivity contribution in [3.05, 3.63) is 29.6 Å². The lowest BCUT2D eigenvalue weighted by Gasteiger charge is -2.33. The molecule has 0 bridgehead atoms. The second-order valence-corrected chi connectivity index (χ2v) is 8.43. The second-order valence-electron chi connectivity index (χ2n) is 8.43. The zero-order valence-corrected chi connectivity index (χ0v) is 17.5. The van der Waals surface area contributed by atoms with E-state index in [1.807, 2.05) is 21.7 Å². The molecule has 0 atom stereocenters. The van der Waals surface area contributed by atoms with Crippen LogP contribution in [0.1, 0.15) is 76.2 Å². The molecule has 1 aliphatic carbocycles. The van der Waals surface area contributed by atoms with Gasteiger partial charge in [0.25, 0.3) is 0 Å². The fourth-order valence-corrected chi connectivity index (χ4v) is 4.54. The van der Waals surface area contributed by atoms with Crippen LogP contribution < -0.4 is 9.64 Å². The minimum absolute atomic E-state index is 0.149. The van der Waals surface area contributed by atoms with Gasteiger partial charge in [0, 0.05) is 24.9 Å². The van der Waals surface area contributed by atoms with E-state index < -0.39 is 0 Å². The van der Waals surface area contributed by atoms with E-state index in [2.05, 4.69) is 35.4 Å². The highest BCUT2D eigenvalue weighted by Gasteiger charge is 2.26. The summed E-state index contributed by atoms with van der Waals surface area (Å²) < 4.78 is 8.04. The SMILES string of the molecule is CC(C)N1C(=O)CCc2ccc(OCCCc3nnnn3C3CCCCC3)cc21. The van der Waals surface area contributed by atoms with E-state index in [9.17, 15) is 4.79 Å². The molecule has 1 saturated carbocycles. The molecule has 0 N–H and O–H groups in total. The molecule has 0 spiro atoms. The van der Waals surface area contributed by atoms with Crippen molar-refractivity contribution in [3.63, 3.8) is 0 Å². The molecule has 1 fully saturated rings. The summed E-state index contributed by atoms with van der Waals surface area (Å²) in [6, 6.07) is 6.72. The number of hydrogen-bond acceptors (Lipinski definition) is 5. The van der Waals surface area contributed by atoms with Crippen LogP contribution in [-0.2, 0) is 17.6 Å². The quantitative estimate of drug-likeness (QED) is 0.663. The molecule has 4 rings (SSSR count). The van der Waals surface area contributed by atoms with Crippen LogP contribution in [0.4, 0.5) is 5.69 Å². The maximum atomic E-state index is 12.3. The Balaban J connectivity index is 1.34. The summed E-state index contributed by atoms with van der Waals surface area (Å²) in [4.78, 5) is 14.2. The highest BCUT2D eigenvalue weighted by Crippen LogP contribution is 2.33. The lowest BCUT2D eigenvalue weighted by atomic mass is 9.95. The lowest BCUT2D eigenvalue weighted by molar-refractivity contribution is -0.119. The first-order valence-corrected chi connectivity index (χ1v) is 11.0. The third kappa shape index (κ3) is 4.43. The third-order valence-electron chi connectivity index (χ3n) is 6.00. The first kappa shape index (κ1) is 19.9. The molecule has 156 valence electrons. The predicted molar refractivity (Wildman–Crippen MR) is 111 cm³/mol. The Bertz CT molecular complexity index is 841. The Kier molecular flexibility index (Phi) is 6.11. The molecule has 29 heavy (non-hydrogen) atoms. The van der Waals surface area contributed by atoms with Crippen LogP contribution in [0.25, 0.3) is 0 Å². The number of ether oxygens (including phenoxy) is 1. The van der Waals surface area contributed by atoms with Gasteiger partial charge in [-0.15, -0.1) is 5.10 Å². The van der Waals surface area contributed by atoms with Gasteiger partial charge in [0.15, 0.2) is 5.82 Å². The predicted octanol–water partition coefficient (Wildman–Crippen LogP) is 3.88. The second kappa shape index (κ2) is 8.93. The number of fused-ring (bicyclic) bond motifs is 1. The van der Waals surface area contributed by atoms with Crippen LogP contribution in [0.15, 0.2) is 18.2 Å². The topological polar surface area (TPSA) is 73.1 Å². The van der Waals surface area contributed by atoms with Gasteiger partial charge in [0.1, 0.15) is 5.75 Å². The smallest absolute Gasteiger partial charge is 0.227 e. The summed E-state index contributed by atoms with van der Waals surface area (Å²) >= 11 is 0.